The first-order valence-corrected chi connectivity index (χ1v) is 9.84. The smallest absolute Gasteiger partial charge is 0.388 e. The summed E-state index contributed by atoms with van der Waals surface area (Å²) in [6.07, 6.45) is -8.53. The highest BCUT2D eigenvalue weighted by Crippen LogP contribution is 2.34. The average Bonchev–Trinajstić information content (AvgIpc) is 3.03. The second kappa shape index (κ2) is 8.48. The summed E-state index contributed by atoms with van der Waals surface area (Å²) in [6.45, 7) is 1.86. The fraction of sp³-hybridized carbons (Fsp3) is 0.364. The maximum absolute atomic E-state index is 13.3. The summed E-state index contributed by atoms with van der Waals surface area (Å²) in [5, 5.41) is 2.77. The van der Waals surface area contributed by atoms with Gasteiger partial charge < -0.3 is 9.88 Å². The molecule has 0 unspecified atom stereocenters. The fourth-order valence-electron chi connectivity index (χ4n) is 3.70. The molecule has 1 N–H and O–H groups in total. The maximum Gasteiger partial charge on any atom is 0.449 e. The molecule has 3 aromatic rings. The Balaban J connectivity index is 2.09. The van der Waals surface area contributed by atoms with E-state index in [2.05, 4.69) is 10.3 Å². The maximum atomic E-state index is 13.3. The van der Waals surface area contributed by atoms with E-state index in [0.29, 0.717) is 24.1 Å². The Kier molecular flexibility index (Phi) is 6.26. The fourth-order valence-corrected chi connectivity index (χ4v) is 3.70. The van der Waals surface area contributed by atoms with Gasteiger partial charge in [0.05, 0.1) is 16.6 Å². The molecule has 1 heterocycles. The first-order chi connectivity index (χ1) is 14.9. The number of carbonyl (C=O) groups is 1. The molecule has 0 saturated heterocycles. The molecular weight excluding hydrogens is 436 g/mol. The summed E-state index contributed by atoms with van der Waals surface area (Å²) >= 11 is 0. The van der Waals surface area contributed by atoms with Gasteiger partial charge >= 0.3 is 12.4 Å². The molecule has 0 aliphatic heterocycles. The van der Waals surface area contributed by atoms with Crippen LogP contribution < -0.4 is 5.32 Å². The Morgan fingerprint density at radius 2 is 1.72 bits per heavy atom. The van der Waals surface area contributed by atoms with Gasteiger partial charge in [-0.3, -0.25) is 4.79 Å². The van der Waals surface area contributed by atoms with E-state index in [-0.39, 0.29) is 28.6 Å². The van der Waals surface area contributed by atoms with Crippen LogP contribution in [0.1, 0.15) is 46.2 Å². The molecule has 0 aliphatic rings. The first-order valence-electron chi connectivity index (χ1n) is 9.84. The van der Waals surface area contributed by atoms with Gasteiger partial charge in [-0.15, -0.1) is 0 Å². The number of nitrogens with one attached hydrogen (secondary N) is 1. The zero-order chi connectivity index (χ0) is 23.8. The van der Waals surface area contributed by atoms with Gasteiger partial charge in [-0.1, -0.05) is 13.3 Å². The molecule has 0 amide bonds. The van der Waals surface area contributed by atoms with Gasteiger partial charge in [0.25, 0.3) is 0 Å². The van der Waals surface area contributed by atoms with Crippen LogP contribution in [0.2, 0.25) is 0 Å². The highest BCUT2D eigenvalue weighted by atomic mass is 19.4. The molecule has 4 nitrogen and oxygen atoms in total. The van der Waals surface area contributed by atoms with Gasteiger partial charge in [0.1, 0.15) is 0 Å². The number of aromatic nitrogens is 2. The lowest BCUT2D eigenvalue weighted by Crippen LogP contribution is -2.12. The minimum Gasteiger partial charge on any atom is -0.388 e. The van der Waals surface area contributed by atoms with Gasteiger partial charge in [-0.05, 0) is 47.9 Å². The van der Waals surface area contributed by atoms with E-state index in [9.17, 15) is 31.1 Å². The van der Waals surface area contributed by atoms with Crippen LogP contribution >= 0.6 is 0 Å². The molecular formula is C22H21F6N3O. The second-order valence-electron chi connectivity index (χ2n) is 7.46. The molecule has 1 aromatic heterocycles. The van der Waals surface area contributed by atoms with Crippen molar-refractivity contribution >= 4 is 22.5 Å². The average molecular weight is 457 g/mol. The van der Waals surface area contributed by atoms with Crippen molar-refractivity contribution in [2.45, 2.75) is 38.5 Å². The van der Waals surface area contributed by atoms with Gasteiger partial charge in [0.15, 0.2) is 5.78 Å². The van der Waals surface area contributed by atoms with E-state index < -0.39 is 29.5 Å². The number of aryl methyl sites for hydroxylation is 2. The van der Waals surface area contributed by atoms with Crippen molar-refractivity contribution in [2.24, 2.45) is 7.05 Å². The molecule has 0 saturated carbocycles. The molecule has 0 fully saturated rings. The number of fused-ring (bicyclic) bond motifs is 1. The van der Waals surface area contributed by atoms with Crippen LogP contribution in [0.4, 0.5) is 32.0 Å². The number of anilines is 1. The van der Waals surface area contributed by atoms with E-state index in [4.69, 9.17) is 0 Å². The van der Waals surface area contributed by atoms with Gasteiger partial charge in [0, 0.05) is 31.8 Å². The highest BCUT2D eigenvalue weighted by Gasteiger charge is 2.37. The largest absolute Gasteiger partial charge is 0.449 e. The molecule has 0 aliphatic carbocycles. The predicted molar refractivity (Wildman–Crippen MR) is 109 cm³/mol. The Morgan fingerprint density at radius 1 is 1.03 bits per heavy atom. The van der Waals surface area contributed by atoms with Crippen molar-refractivity contribution in [3.8, 4) is 0 Å². The van der Waals surface area contributed by atoms with Gasteiger partial charge in [-0.2, -0.15) is 26.3 Å². The Labute approximate surface area is 180 Å². The van der Waals surface area contributed by atoms with Crippen molar-refractivity contribution in [1.29, 1.82) is 0 Å². The zero-order valence-electron chi connectivity index (χ0n) is 17.6. The van der Waals surface area contributed by atoms with E-state index in [1.165, 1.54) is 32.3 Å². The number of hydrogen-bond acceptors (Lipinski definition) is 3. The summed E-state index contributed by atoms with van der Waals surface area (Å²) in [5.74, 6) is -1.58. The van der Waals surface area contributed by atoms with E-state index in [0.717, 1.165) is 16.7 Å². The Bertz CT molecular complexity index is 1160. The van der Waals surface area contributed by atoms with Crippen LogP contribution in [-0.2, 0) is 32.2 Å². The second-order valence-corrected chi connectivity index (χ2v) is 7.46. The van der Waals surface area contributed by atoms with Crippen molar-refractivity contribution in [2.75, 3.05) is 12.4 Å². The van der Waals surface area contributed by atoms with E-state index in [1.54, 1.807) is 0 Å². The molecule has 10 heteroatoms. The van der Waals surface area contributed by atoms with E-state index >= 15 is 0 Å². The number of hydrogen-bond donors (Lipinski definition) is 1. The summed E-state index contributed by atoms with van der Waals surface area (Å²) < 4.78 is 80.1. The van der Waals surface area contributed by atoms with Gasteiger partial charge in [0.2, 0.25) is 5.82 Å². The third-order valence-corrected chi connectivity index (χ3v) is 5.23. The number of Topliss-reactive ketones (excluding diaryl/α,β-unsaturated/α-hetero) is 1. The third kappa shape index (κ3) is 4.58. The summed E-state index contributed by atoms with van der Waals surface area (Å²) in [5.41, 5.74) is 0.537. The monoisotopic (exact) mass is 457 g/mol. The zero-order valence-corrected chi connectivity index (χ0v) is 17.6. The molecule has 172 valence electrons. The summed E-state index contributed by atoms with van der Waals surface area (Å²) in [4.78, 5) is 16.7. The lowest BCUT2D eigenvalue weighted by molar-refractivity contribution is -0.146. The molecule has 3 rings (SSSR count). The van der Waals surface area contributed by atoms with Crippen LogP contribution in [0.25, 0.3) is 11.0 Å². The number of alkyl halides is 6. The van der Waals surface area contributed by atoms with Crippen LogP contribution in [0.5, 0.6) is 0 Å². The molecule has 2 aromatic carbocycles. The SMILES string of the molecule is CCCc1cc2c(cc1C(=O)Cc1cc(C(F)(F)F)ccc1NC)nc(C(F)(F)F)n2C. The topological polar surface area (TPSA) is 46.9 Å². The Hall–Kier alpha value is -3.04. The number of imidazole rings is 1. The van der Waals surface area contributed by atoms with E-state index in [1.807, 2.05) is 6.92 Å². The van der Waals surface area contributed by atoms with Crippen LogP contribution in [0, 0.1) is 0 Å². The van der Waals surface area contributed by atoms with Crippen LogP contribution in [0.3, 0.4) is 0 Å². The number of benzene rings is 2. The van der Waals surface area contributed by atoms with Crippen molar-refractivity contribution in [3.63, 3.8) is 0 Å². The van der Waals surface area contributed by atoms with Crippen molar-refractivity contribution in [3.05, 3.63) is 58.4 Å². The number of halogens is 6. The van der Waals surface area contributed by atoms with Crippen molar-refractivity contribution < 1.29 is 31.1 Å². The third-order valence-electron chi connectivity index (χ3n) is 5.23. The number of nitrogens with zero attached hydrogens (tertiary/aromatic N) is 2. The first kappa shape index (κ1) is 23.6. The minimum atomic E-state index is -4.66. The molecule has 32 heavy (non-hydrogen) atoms. The van der Waals surface area contributed by atoms with Crippen LogP contribution in [-0.4, -0.2) is 22.4 Å². The molecule has 0 atom stereocenters. The normalized spacial score (nSPS) is 12.4. The number of carbonyl (C=O) groups excluding carboxylic acids is 1. The standard InChI is InChI=1S/C22H21F6N3O/c1-4-5-12-9-18-17(30-20(31(18)3)22(26,27)28)11-15(12)19(32)10-13-8-14(21(23,24)25)6-7-16(13)29-2/h6-9,11,29H,4-5,10H2,1-3H3. The summed E-state index contributed by atoms with van der Waals surface area (Å²) in [6, 6.07) is 5.87. The summed E-state index contributed by atoms with van der Waals surface area (Å²) in [7, 11) is 2.77. The van der Waals surface area contributed by atoms with Crippen molar-refractivity contribution in [1.82, 2.24) is 9.55 Å². The molecule has 0 radical (unpaired) electrons. The minimum absolute atomic E-state index is 0.000843. The number of rotatable bonds is 6. The molecule has 0 bridgehead atoms. The Morgan fingerprint density at radius 3 is 2.28 bits per heavy atom. The quantitative estimate of drug-likeness (QED) is 0.363. The van der Waals surface area contributed by atoms with Crippen LogP contribution in [0.15, 0.2) is 30.3 Å². The van der Waals surface area contributed by atoms with Gasteiger partial charge in [-0.25, -0.2) is 4.98 Å². The number of ketones is 1. The molecule has 0 spiro atoms. The highest BCUT2D eigenvalue weighted by molar-refractivity contribution is 6.02. The predicted octanol–water partition coefficient (Wildman–Crippen LogP) is 6.03. The lowest BCUT2D eigenvalue weighted by atomic mass is 9.94. The lowest BCUT2D eigenvalue weighted by Gasteiger charge is -2.14.